The number of carbonyl (C=O) groups excluding carboxylic acids is 2. The number of nitrogens with one attached hydrogen (secondary N) is 2. The number of urea groups is 1. The van der Waals surface area contributed by atoms with Crippen LogP contribution in [0.1, 0.15) is 29.8 Å². The molecule has 2 aromatic rings. The van der Waals surface area contributed by atoms with Gasteiger partial charge in [-0.25, -0.2) is 4.79 Å². The number of para-hydroxylation sites is 1. The smallest absolute Gasteiger partial charge is 0.317 e. The topological polar surface area (TPSA) is 81.3 Å². The molecule has 0 unspecified atom stereocenters. The Hall–Kier alpha value is -2.57. The number of hydrogen-bond acceptors (Lipinski definition) is 3. The first-order valence-electron chi connectivity index (χ1n) is 8.50. The van der Waals surface area contributed by atoms with E-state index < -0.39 is 0 Å². The van der Waals surface area contributed by atoms with E-state index in [-0.39, 0.29) is 11.9 Å². The van der Waals surface area contributed by atoms with Gasteiger partial charge in [0.05, 0.1) is 5.52 Å². The molecule has 0 atom stereocenters. The molecule has 126 valence electrons. The standard InChI is InChI=1S/C17H21N5O2/c23-16(15-13-6-1-2-7-14(13)19-20-15)21-8-10-22(11-9-21)17(24)18-12-4-3-5-12/h1-2,6-7,12H,3-5,8-11H2,(H,18,24)(H,19,20). The van der Waals surface area contributed by atoms with E-state index in [4.69, 9.17) is 0 Å². The molecule has 2 heterocycles. The molecule has 3 amide bonds. The predicted octanol–water partition coefficient (Wildman–Crippen LogP) is 1.58. The van der Waals surface area contributed by atoms with Gasteiger partial charge in [0.2, 0.25) is 0 Å². The highest BCUT2D eigenvalue weighted by atomic mass is 16.2. The first kappa shape index (κ1) is 15.0. The number of benzene rings is 1. The van der Waals surface area contributed by atoms with E-state index in [0.717, 1.165) is 23.7 Å². The highest BCUT2D eigenvalue weighted by molar-refractivity contribution is 6.04. The Kier molecular flexibility index (Phi) is 3.84. The fourth-order valence-electron chi connectivity index (χ4n) is 3.21. The number of fused-ring (bicyclic) bond motifs is 1. The van der Waals surface area contributed by atoms with Crippen LogP contribution in [0.2, 0.25) is 0 Å². The van der Waals surface area contributed by atoms with Crippen LogP contribution < -0.4 is 5.32 Å². The number of piperazine rings is 1. The Morgan fingerprint density at radius 3 is 2.50 bits per heavy atom. The van der Waals surface area contributed by atoms with Gasteiger partial charge < -0.3 is 15.1 Å². The van der Waals surface area contributed by atoms with Gasteiger partial charge in [-0.3, -0.25) is 9.89 Å². The van der Waals surface area contributed by atoms with Gasteiger partial charge in [0, 0.05) is 37.6 Å². The van der Waals surface area contributed by atoms with Crippen molar-refractivity contribution in [1.29, 1.82) is 0 Å². The van der Waals surface area contributed by atoms with Gasteiger partial charge in [0.25, 0.3) is 5.91 Å². The van der Waals surface area contributed by atoms with Gasteiger partial charge in [-0.1, -0.05) is 18.2 Å². The summed E-state index contributed by atoms with van der Waals surface area (Å²) in [5.41, 5.74) is 1.32. The summed E-state index contributed by atoms with van der Waals surface area (Å²) < 4.78 is 0. The van der Waals surface area contributed by atoms with Crippen LogP contribution in [0, 0.1) is 0 Å². The molecule has 2 fully saturated rings. The molecule has 7 nitrogen and oxygen atoms in total. The normalized spacial score (nSPS) is 18.5. The molecule has 0 spiro atoms. The lowest BCUT2D eigenvalue weighted by Crippen LogP contribution is -2.55. The maximum Gasteiger partial charge on any atom is 0.317 e. The highest BCUT2D eigenvalue weighted by Crippen LogP contribution is 2.19. The number of hydrogen-bond donors (Lipinski definition) is 2. The molecule has 24 heavy (non-hydrogen) atoms. The van der Waals surface area contributed by atoms with Crippen molar-refractivity contribution in [3.8, 4) is 0 Å². The maximum atomic E-state index is 12.7. The average molecular weight is 327 g/mol. The van der Waals surface area contributed by atoms with Crippen LogP contribution in [0.25, 0.3) is 10.9 Å². The Labute approximate surface area is 140 Å². The van der Waals surface area contributed by atoms with Crippen molar-refractivity contribution in [3.63, 3.8) is 0 Å². The summed E-state index contributed by atoms with van der Waals surface area (Å²) in [6, 6.07) is 7.95. The van der Waals surface area contributed by atoms with Crippen molar-refractivity contribution in [3.05, 3.63) is 30.0 Å². The minimum Gasteiger partial charge on any atom is -0.335 e. The zero-order valence-corrected chi connectivity index (χ0v) is 13.5. The van der Waals surface area contributed by atoms with Gasteiger partial charge in [-0.2, -0.15) is 5.10 Å². The lowest BCUT2D eigenvalue weighted by molar-refractivity contribution is 0.0657. The lowest BCUT2D eigenvalue weighted by Gasteiger charge is -2.36. The third-order valence-electron chi connectivity index (χ3n) is 4.96. The van der Waals surface area contributed by atoms with Gasteiger partial charge >= 0.3 is 6.03 Å². The predicted molar refractivity (Wildman–Crippen MR) is 89.7 cm³/mol. The second-order valence-electron chi connectivity index (χ2n) is 6.47. The number of carbonyl (C=O) groups is 2. The van der Waals surface area contributed by atoms with Gasteiger partial charge in [0.15, 0.2) is 5.69 Å². The summed E-state index contributed by atoms with van der Waals surface area (Å²) in [7, 11) is 0. The number of H-pyrrole nitrogens is 1. The Balaban J connectivity index is 1.38. The summed E-state index contributed by atoms with van der Waals surface area (Å²) >= 11 is 0. The summed E-state index contributed by atoms with van der Waals surface area (Å²) in [4.78, 5) is 28.5. The van der Waals surface area contributed by atoms with E-state index in [1.807, 2.05) is 24.3 Å². The quantitative estimate of drug-likeness (QED) is 0.879. The number of aromatic nitrogens is 2. The average Bonchev–Trinajstić information content (AvgIpc) is 3.01. The summed E-state index contributed by atoms with van der Waals surface area (Å²) in [6.07, 6.45) is 3.36. The minimum absolute atomic E-state index is 0.00276. The van der Waals surface area contributed by atoms with Crippen molar-refractivity contribution < 1.29 is 9.59 Å². The van der Waals surface area contributed by atoms with Crippen molar-refractivity contribution in [2.24, 2.45) is 0 Å². The monoisotopic (exact) mass is 327 g/mol. The van der Waals surface area contributed by atoms with Crippen molar-refractivity contribution in [1.82, 2.24) is 25.3 Å². The molecule has 0 bridgehead atoms. The number of amides is 3. The van der Waals surface area contributed by atoms with Crippen LogP contribution in [0.3, 0.4) is 0 Å². The van der Waals surface area contributed by atoms with Gasteiger partial charge in [-0.15, -0.1) is 0 Å². The molecule has 2 N–H and O–H groups in total. The second kappa shape index (κ2) is 6.14. The number of aromatic amines is 1. The van der Waals surface area contributed by atoms with Crippen LogP contribution in [0.15, 0.2) is 24.3 Å². The molecular weight excluding hydrogens is 306 g/mol. The van der Waals surface area contributed by atoms with E-state index in [1.54, 1.807) is 9.80 Å². The Morgan fingerprint density at radius 2 is 1.79 bits per heavy atom. The summed E-state index contributed by atoms with van der Waals surface area (Å²) in [6.45, 7) is 2.20. The van der Waals surface area contributed by atoms with E-state index in [9.17, 15) is 9.59 Å². The Morgan fingerprint density at radius 1 is 1.08 bits per heavy atom. The third-order valence-corrected chi connectivity index (χ3v) is 4.96. The largest absolute Gasteiger partial charge is 0.335 e. The number of rotatable bonds is 2. The maximum absolute atomic E-state index is 12.7. The fraction of sp³-hybridized carbons (Fsp3) is 0.471. The first-order valence-corrected chi connectivity index (χ1v) is 8.50. The number of nitrogens with zero attached hydrogens (tertiary/aromatic N) is 3. The first-order chi connectivity index (χ1) is 11.7. The zero-order valence-electron chi connectivity index (χ0n) is 13.5. The molecule has 1 saturated carbocycles. The molecule has 2 aliphatic rings. The molecule has 1 aliphatic carbocycles. The van der Waals surface area contributed by atoms with Crippen LogP contribution in [-0.2, 0) is 0 Å². The SMILES string of the molecule is O=C(NC1CCC1)N1CCN(C(=O)c2n[nH]c3ccccc23)CC1. The van der Waals surface area contributed by atoms with Gasteiger partial charge in [-0.05, 0) is 25.3 Å². The molecular formula is C17H21N5O2. The molecule has 4 rings (SSSR count). The molecule has 1 saturated heterocycles. The van der Waals surface area contributed by atoms with Crippen LogP contribution in [0.5, 0.6) is 0 Å². The third kappa shape index (κ3) is 2.70. The lowest BCUT2D eigenvalue weighted by atomic mass is 9.93. The van der Waals surface area contributed by atoms with Crippen LogP contribution in [0.4, 0.5) is 4.79 Å². The molecule has 1 aromatic heterocycles. The Bertz CT molecular complexity index is 759. The van der Waals surface area contributed by atoms with E-state index in [1.165, 1.54) is 6.42 Å². The molecule has 1 aliphatic heterocycles. The van der Waals surface area contributed by atoms with Gasteiger partial charge in [0.1, 0.15) is 0 Å². The van der Waals surface area contributed by atoms with Crippen LogP contribution >= 0.6 is 0 Å². The van der Waals surface area contributed by atoms with E-state index in [0.29, 0.717) is 37.9 Å². The summed E-state index contributed by atoms with van der Waals surface area (Å²) in [5, 5.41) is 11.0. The molecule has 1 aromatic carbocycles. The fourth-order valence-corrected chi connectivity index (χ4v) is 3.21. The molecule has 7 heteroatoms. The zero-order chi connectivity index (χ0) is 16.5. The van der Waals surface area contributed by atoms with E-state index in [2.05, 4.69) is 15.5 Å². The van der Waals surface area contributed by atoms with Crippen molar-refractivity contribution >= 4 is 22.8 Å². The van der Waals surface area contributed by atoms with Crippen LogP contribution in [-0.4, -0.2) is 64.2 Å². The minimum atomic E-state index is -0.0773. The highest BCUT2D eigenvalue weighted by Gasteiger charge is 2.28. The van der Waals surface area contributed by atoms with E-state index >= 15 is 0 Å². The van der Waals surface area contributed by atoms with Crippen molar-refractivity contribution in [2.45, 2.75) is 25.3 Å². The summed E-state index contributed by atoms with van der Waals surface area (Å²) in [5.74, 6) is -0.0773. The van der Waals surface area contributed by atoms with Crippen molar-refractivity contribution in [2.75, 3.05) is 26.2 Å². The molecule has 0 radical (unpaired) electrons. The second-order valence-corrected chi connectivity index (χ2v) is 6.47.